The van der Waals surface area contributed by atoms with Gasteiger partial charge >= 0.3 is 5.97 Å². The fourth-order valence-corrected chi connectivity index (χ4v) is 2.09. The fraction of sp³-hybridized carbons (Fsp3) is 0.556. The third-order valence-corrected chi connectivity index (χ3v) is 3.44. The molecule has 0 unspecified atom stereocenters. The SMILES string of the molecule is [CH2]CCCCCCCCCOOC(=O)c1ccc(OC)cc1. The zero-order chi connectivity index (χ0) is 16.0. The Morgan fingerprint density at radius 1 is 0.955 bits per heavy atom. The number of hydrogen-bond donors (Lipinski definition) is 0. The zero-order valence-corrected chi connectivity index (χ0v) is 13.5. The number of carbonyl (C=O) groups excluding carboxylic acids is 1. The second-order valence-electron chi connectivity index (χ2n) is 5.25. The molecule has 123 valence electrons. The van der Waals surface area contributed by atoms with Crippen molar-refractivity contribution in [1.82, 2.24) is 0 Å². The van der Waals surface area contributed by atoms with Crippen molar-refractivity contribution >= 4 is 5.97 Å². The number of unbranched alkanes of at least 4 members (excludes halogenated alkanes) is 7. The van der Waals surface area contributed by atoms with Gasteiger partial charge in [-0.2, -0.15) is 4.89 Å². The molecule has 0 aliphatic heterocycles. The molecule has 0 saturated carbocycles. The molecule has 0 aliphatic carbocycles. The molecule has 1 aromatic carbocycles. The topological polar surface area (TPSA) is 44.8 Å². The van der Waals surface area contributed by atoms with Gasteiger partial charge in [0.2, 0.25) is 0 Å². The van der Waals surface area contributed by atoms with Crippen LogP contribution in [0, 0.1) is 6.92 Å². The number of rotatable bonds is 12. The van der Waals surface area contributed by atoms with Crippen molar-refractivity contribution in [3.8, 4) is 5.75 Å². The van der Waals surface area contributed by atoms with Crippen LogP contribution in [-0.4, -0.2) is 19.7 Å². The van der Waals surface area contributed by atoms with Crippen molar-refractivity contribution in [2.75, 3.05) is 13.7 Å². The minimum Gasteiger partial charge on any atom is -0.497 e. The van der Waals surface area contributed by atoms with Crippen LogP contribution in [0.4, 0.5) is 0 Å². The Kier molecular flexibility index (Phi) is 10.1. The molecule has 22 heavy (non-hydrogen) atoms. The molecule has 0 bridgehead atoms. The molecule has 1 radical (unpaired) electrons. The number of hydrogen-bond acceptors (Lipinski definition) is 4. The minimum atomic E-state index is -0.476. The summed E-state index contributed by atoms with van der Waals surface area (Å²) >= 11 is 0. The van der Waals surface area contributed by atoms with Crippen molar-refractivity contribution < 1.29 is 19.3 Å². The van der Waals surface area contributed by atoms with Crippen LogP contribution in [0.2, 0.25) is 0 Å². The fourth-order valence-electron chi connectivity index (χ4n) is 2.09. The maximum Gasteiger partial charge on any atom is 0.373 e. The van der Waals surface area contributed by atoms with Gasteiger partial charge in [0, 0.05) is 0 Å². The summed E-state index contributed by atoms with van der Waals surface area (Å²) in [6.45, 7) is 4.28. The maximum absolute atomic E-state index is 11.7. The van der Waals surface area contributed by atoms with Crippen LogP contribution >= 0.6 is 0 Å². The molecule has 4 nitrogen and oxygen atoms in total. The summed E-state index contributed by atoms with van der Waals surface area (Å²) in [5.74, 6) is 0.225. The molecule has 0 saturated heterocycles. The predicted octanol–water partition coefficient (Wildman–Crippen LogP) is 4.74. The van der Waals surface area contributed by atoms with Gasteiger partial charge < -0.3 is 4.74 Å². The van der Waals surface area contributed by atoms with Crippen molar-refractivity contribution in [1.29, 1.82) is 0 Å². The van der Waals surface area contributed by atoms with E-state index in [-0.39, 0.29) is 0 Å². The smallest absolute Gasteiger partial charge is 0.373 e. The molecule has 0 spiro atoms. The molecule has 0 aliphatic rings. The Morgan fingerprint density at radius 3 is 2.14 bits per heavy atom. The third-order valence-electron chi connectivity index (χ3n) is 3.44. The average Bonchev–Trinajstić information content (AvgIpc) is 2.56. The van der Waals surface area contributed by atoms with E-state index in [4.69, 9.17) is 14.5 Å². The number of carbonyl (C=O) groups is 1. The molecular weight excluding hydrogens is 280 g/mol. The van der Waals surface area contributed by atoms with Crippen molar-refractivity contribution in [2.24, 2.45) is 0 Å². The lowest BCUT2D eigenvalue weighted by Gasteiger charge is -2.05. The number of benzene rings is 1. The van der Waals surface area contributed by atoms with Gasteiger partial charge in [-0.05, 0) is 30.7 Å². The van der Waals surface area contributed by atoms with Crippen LogP contribution in [0.1, 0.15) is 61.7 Å². The summed E-state index contributed by atoms with van der Waals surface area (Å²) < 4.78 is 5.03. The molecular formula is C18H27O4. The Hall–Kier alpha value is -1.55. The second-order valence-corrected chi connectivity index (χ2v) is 5.25. The van der Waals surface area contributed by atoms with Crippen molar-refractivity contribution in [2.45, 2.75) is 51.4 Å². The summed E-state index contributed by atoms with van der Waals surface area (Å²) in [6.07, 6.45) is 9.29. The van der Waals surface area contributed by atoms with Crippen LogP contribution in [0.5, 0.6) is 5.75 Å². The minimum absolute atomic E-state index is 0.445. The average molecular weight is 307 g/mol. The predicted molar refractivity (Wildman–Crippen MR) is 86.7 cm³/mol. The van der Waals surface area contributed by atoms with E-state index in [0.717, 1.165) is 19.3 Å². The van der Waals surface area contributed by atoms with Crippen LogP contribution < -0.4 is 4.74 Å². The first-order valence-electron chi connectivity index (χ1n) is 8.05. The standard InChI is InChI=1S/C18H27O4/c1-3-4-5-6-7-8-9-10-15-21-22-18(19)16-11-13-17(20-2)14-12-16/h11-14H,1,3-10,15H2,2H3. The van der Waals surface area contributed by atoms with E-state index in [2.05, 4.69) is 6.92 Å². The van der Waals surface area contributed by atoms with Gasteiger partial charge in [-0.1, -0.05) is 51.9 Å². The first-order chi connectivity index (χ1) is 10.8. The van der Waals surface area contributed by atoms with Gasteiger partial charge in [-0.15, -0.1) is 0 Å². The Morgan fingerprint density at radius 2 is 1.55 bits per heavy atom. The first kappa shape index (κ1) is 18.5. The van der Waals surface area contributed by atoms with E-state index in [1.54, 1.807) is 31.4 Å². The van der Waals surface area contributed by atoms with Gasteiger partial charge in [-0.3, -0.25) is 4.89 Å². The molecule has 0 amide bonds. The van der Waals surface area contributed by atoms with Gasteiger partial charge in [-0.25, -0.2) is 4.79 Å². The van der Waals surface area contributed by atoms with Crippen LogP contribution in [0.3, 0.4) is 0 Å². The van der Waals surface area contributed by atoms with Gasteiger partial charge in [0.25, 0.3) is 0 Å². The molecule has 1 aromatic rings. The lowest BCUT2D eigenvalue weighted by molar-refractivity contribution is -0.241. The molecule has 0 N–H and O–H groups in total. The van der Waals surface area contributed by atoms with E-state index in [1.165, 1.54) is 32.1 Å². The zero-order valence-electron chi connectivity index (χ0n) is 13.5. The van der Waals surface area contributed by atoms with E-state index >= 15 is 0 Å². The maximum atomic E-state index is 11.7. The van der Waals surface area contributed by atoms with Gasteiger partial charge in [0.1, 0.15) is 5.75 Å². The Bertz CT molecular complexity index is 400. The molecule has 1 rings (SSSR count). The summed E-state index contributed by atoms with van der Waals surface area (Å²) in [4.78, 5) is 21.4. The van der Waals surface area contributed by atoms with Crippen molar-refractivity contribution in [3.05, 3.63) is 36.8 Å². The molecule has 0 aromatic heterocycles. The van der Waals surface area contributed by atoms with Crippen LogP contribution in [0.15, 0.2) is 24.3 Å². The van der Waals surface area contributed by atoms with Crippen molar-refractivity contribution in [3.63, 3.8) is 0 Å². The highest BCUT2D eigenvalue weighted by Crippen LogP contribution is 2.12. The van der Waals surface area contributed by atoms with Crippen LogP contribution in [-0.2, 0) is 9.78 Å². The van der Waals surface area contributed by atoms with E-state index < -0.39 is 5.97 Å². The Balaban J connectivity index is 2.00. The Labute approximate surface area is 133 Å². The second kappa shape index (κ2) is 12.0. The van der Waals surface area contributed by atoms with E-state index in [0.29, 0.717) is 17.9 Å². The molecule has 0 heterocycles. The number of ether oxygens (including phenoxy) is 1. The lowest BCUT2D eigenvalue weighted by atomic mass is 10.1. The highest BCUT2D eigenvalue weighted by molar-refractivity contribution is 5.89. The van der Waals surface area contributed by atoms with Gasteiger partial charge in [0.05, 0.1) is 19.3 Å². The highest BCUT2D eigenvalue weighted by atomic mass is 17.2. The third kappa shape index (κ3) is 8.03. The normalized spacial score (nSPS) is 10.5. The molecule has 0 atom stereocenters. The summed E-state index contributed by atoms with van der Waals surface area (Å²) in [6, 6.07) is 6.73. The first-order valence-corrected chi connectivity index (χ1v) is 8.05. The largest absolute Gasteiger partial charge is 0.497 e. The summed E-state index contributed by atoms with van der Waals surface area (Å²) in [5.41, 5.74) is 0.450. The van der Waals surface area contributed by atoms with E-state index in [9.17, 15) is 4.79 Å². The summed E-state index contributed by atoms with van der Waals surface area (Å²) in [7, 11) is 1.58. The quantitative estimate of drug-likeness (QED) is 0.318. The van der Waals surface area contributed by atoms with E-state index in [1.807, 2.05) is 0 Å². The summed E-state index contributed by atoms with van der Waals surface area (Å²) in [5, 5.41) is 0. The highest BCUT2D eigenvalue weighted by Gasteiger charge is 2.08. The lowest BCUT2D eigenvalue weighted by Crippen LogP contribution is -2.07. The molecule has 4 heteroatoms. The number of methoxy groups -OCH3 is 1. The van der Waals surface area contributed by atoms with Crippen LogP contribution in [0.25, 0.3) is 0 Å². The van der Waals surface area contributed by atoms with Gasteiger partial charge in [0.15, 0.2) is 0 Å². The molecule has 0 fully saturated rings. The monoisotopic (exact) mass is 307 g/mol.